The van der Waals surface area contributed by atoms with Gasteiger partial charge >= 0.3 is 0 Å². The number of nitrogens with one attached hydrogen (secondary N) is 1. The number of Topliss-reactive ketones (excluding diaryl/α,β-unsaturated/α-hetero) is 1. The third-order valence-corrected chi connectivity index (χ3v) is 4.49. The van der Waals surface area contributed by atoms with Gasteiger partial charge in [-0.3, -0.25) is 4.79 Å². The normalized spacial score (nSPS) is 15.5. The summed E-state index contributed by atoms with van der Waals surface area (Å²) in [6.07, 6.45) is 0.746. The molecule has 1 aromatic heterocycles. The average Bonchev–Trinajstić information content (AvgIpc) is 2.90. The Hall–Kier alpha value is -1.92. The van der Waals surface area contributed by atoms with Crippen LogP contribution in [0, 0.1) is 5.82 Å². The maximum atomic E-state index is 14.6. The van der Waals surface area contributed by atoms with Gasteiger partial charge in [0.05, 0.1) is 24.6 Å². The molecule has 0 spiro atoms. The molecule has 1 aliphatic heterocycles. The number of morpholine rings is 1. The lowest BCUT2D eigenvalue weighted by molar-refractivity contribution is 0.101. The molecule has 0 bridgehead atoms. The number of H-pyrrole nitrogens is 1. The van der Waals surface area contributed by atoms with Gasteiger partial charge in [0.25, 0.3) is 0 Å². The van der Waals surface area contributed by atoms with E-state index in [1.54, 1.807) is 6.92 Å². The molecule has 0 amide bonds. The number of benzene rings is 1. The SMILES string of the molecule is CC(=O)c1[nH]c2cc(F)c(N3CCOCC3)cc2c1CCN(C)C. The van der Waals surface area contributed by atoms with Crippen LogP contribution in [0.1, 0.15) is 23.0 Å². The molecule has 6 heteroatoms. The van der Waals surface area contributed by atoms with E-state index in [-0.39, 0.29) is 11.6 Å². The highest BCUT2D eigenvalue weighted by molar-refractivity contribution is 6.01. The van der Waals surface area contributed by atoms with Crippen molar-refractivity contribution in [2.24, 2.45) is 0 Å². The van der Waals surface area contributed by atoms with E-state index in [2.05, 4.69) is 9.88 Å². The quantitative estimate of drug-likeness (QED) is 0.854. The van der Waals surface area contributed by atoms with Crippen molar-refractivity contribution in [1.82, 2.24) is 9.88 Å². The molecule has 1 aliphatic rings. The summed E-state index contributed by atoms with van der Waals surface area (Å²) in [4.78, 5) is 19.2. The number of likely N-dealkylation sites (N-methyl/N-ethyl adjacent to an activating group) is 1. The van der Waals surface area contributed by atoms with Gasteiger partial charge in [-0.2, -0.15) is 0 Å². The smallest absolute Gasteiger partial charge is 0.176 e. The lowest BCUT2D eigenvalue weighted by Crippen LogP contribution is -2.36. The first kappa shape index (κ1) is 16.9. The third kappa shape index (κ3) is 3.30. The number of aromatic amines is 1. The summed E-state index contributed by atoms with van der Waals surface area (Å²) in [7, 11) is 4.00. The Morgan fingerprint density at radius 3 is 2.67 bits per heavy atom. The first-order valence-corrected chi connectivity index (χ1v) is 8.30. The van der Waals surface area contributed by atoms with Gasteiger partial charge in [-0.15, -0.1) is 0 Å². The molecule has 1 aromatic carbocycles. The van der Waals surface area contributed by atoms with Crippen molar-refractivity contribution >= 4 is 22.4 Å². The largest absolute Gasteiger partial charge is 0.378 e. The van der Waals surface area contributed by atoms with Gasteiger partial charge < -0.3 is 19.5 Å². The van der Waals surface area contributed by atoms with Crippen LogP contribution in [-0.2, 0) is 11.2 Å². The van der Waals surface area contributed by atoms with Crippen LogP contribution < -0.4 is 4.90 Å². The number of aromatic nitrogens is 1. The maximum absolute atomic E-state index is 14.6. The highest BCUT2D eigenvalue weighted by atomic mass is 19.1. The Labute approximate surface area is 141 Å². The zero-order valence-electron chi connectivity index (χ0n) is 14.5. The van der Waals surface area contributed by atoms with Crippen molar-refractivity contribution in [3.8, 4) is 0 Å². The number of ether oxygens (including phenoxy) is 1. The fourth-order valence-corrected chi connectivity index (χ4v) is 3.20. The van der Waals surface area contributed by atoms with Crippen LogP contribution in [-0.4, -0.2) is 62.6 Å². The van der Waals surface area contributed by atoms with Crippen molar-refractivity contribution in [3.63, 3.8) is 0 Å². The number of hydrogen-bond acceptors (Lipinski definition) is 4. The molecule has 0 atom stereocenters. The average molecular weight is 333 g/mol. The fourth-order valence-electron chi connectivity index (χ4n) is 3.20. The van der Waals surface area contributed by atoms with E-state index in [1.165, 1.54) is 6.07 Å². The molecule has 5 nitrogen and oxygen atoms in total. The number of carbonyl (C=O) groups is 1. The summed E-state index contributed by atoms with van der Waals surface area (Å²) in [5.41, 5.74) is 2.83. The molecular formula is C18H24FN3O2. The molecule has 0 aliphatic carbocycles. The number of anilines is 1. The number of ketones is 1. The second kappa shape index (κ2) is 6.91. The first-order valence-electron chi connectivity index (χ1n) is 8.30. The molecule has 130 valence electrons. The monoisotopic (exact) mass is 333 g/mol. The molecule has 1 fully saturated rings. The van der Waals surface area contributed by atoms with E-state index in [0.29, 0.717) is 43.2 Å². The summed E-state index contributed by atoms with van der Waals surface area (Å²) >= 11 is 0. The van der Waals surface area contributed by atoms with Crippen molar-refractivity contribution in [1.29, 1.82) is 0 Å². The Morgan fingerprint density at radius 1 is 1.33 bits per heavy atom. The van der Waals surface area contributed by atoms with Crippen molar-refractivity contribution < 1.29 is 13.9 Å². The third-order valence-electron chi connectivity index (χ3n) is 4.49. The molecule has 24 heavy (non-hydrogen) atoms. The van der Waals surface area contributed by atoms with Gasteiger partial charge in [-0.25, -0.2) is 4.39 Å². The number of rotatable bonds is 5. The highest BCUT2D eigenvalue weighted by Gasteiger charge is 2.20. The zero-order valence-corrected chi connectivity index (χ0v) is 14.5. The van der Waals surface area contributed by atoms with E-state index in [1.807, 2.05) is 25.1 Å². The predicted molar refractivity (Wildman–Crippen MR) is 93.6 cm³/mol. The minimum Gasteiger partial charge on any atom is -0.378 e. The Bertz CT molecular complexity index is 748. The van der Waals surface area contributed by atoms with Gasteiger partial charge in [0, 0.05) is 43.5 Å². The summed E-state index contributed by atoms with van der Waals surface area (Å²) in [6, 6.07) is 3.38. The van der Waals surface area contributed by atoms with E-state index >= 15 is 0 Å². The summed E-state index contributed by atoms with van der Waals surface area (Å²) in [5.74, 6) is -0.284. The lowest BCUT2D eigenvalue weighted by atomic mass is 10.0. The van der Waals surface area contributed by atoms with E-state index in [0.717, 1.165) is 23.9 Å². The second-order valence-corrected chi connectivity index (χ2v) is 6.54. The number of fused-ring (bicyclic) bond motifs is 1. The number of hydrogen-bond donors (Lipinski definition) is 1. The molecule has 1 N–H and O–H groups in total. The Morgan fingerprint density at radius 2 is 2.04 bits per heavy atom. The molecule has 3 rings (SSSR count). The van der Waals surface area contributed by atoms with Crippen LogP contribution >= 0.6 is 0 Å². The molecule has 1 saturated heterocycles. The molecule has 2 heterocycles. The van der Waals surface area contributed by atoms with Crippen molar-refractivity contribution in [2.75, 3.05) is 51.8 Å². The van der Waals surface area contributed by atoms with Crippen LogP contribution in [0.25, 0.3) is 10.9 Å². The van der Waals surface area contributed by atoms with Crippen LogP contribution in [0.5, 0.6) is 0 Å². The topological polar surface area (TPSA) is 48.6 Å². The van der Waals surface area contributed by atoms with Crippen molar-refractivity contribution in [3.05, 3.63) is 29.2 Å². The van der Waals surface area contributed by atoms with E-state index < -0.39 is 0 Å². The van der Waals surface area contributed by atoms with E-state index in [4.69, 9.17) is 4.74 Å². The van der Waals surface area contributed by atoms with Crippen LogP contribution in [0.2, 0.25) is 0 Å². The molecule has 0 radical (unpaired) electrons. The van der Waals surface area contributed by atoms with Gasteiger partial charge in [0.15, 0.2) is 5.78 Å². The molecule has 0 saturated carbocycles. The first-order chi connectivity index (χ1) is 11.5. The van der Waals surface area contributed by atoms with Crippen LogP contribution in [0.15, 0.2) is 12.1 Å². The second-order valence-electron chi connectivity index (χ2n) is 6.54. The minimum absolute atomic E-state index is 0.0201. The lowest BCUT2D eigenvalue weighted by Gasteiger charge is -2.29. The number of nitrogens with zero attached hydrogens (tertiary/aromatic N) is 2. The van der Waals surface area contributed by atoms with Gasteiger partial charge in [-0.05, 0) is 32.1 Å². The fraction of sp³-hybridized carbons (Fsp3) is 0.500. The maximum Gasteiger partial charge on any atom is 0.176 e. The Kier molecular flexibility index (Phi) is 4.87. The minimum atomic E-state index is -0.264. The summed E-state index contributed by atoms with van der Waals surface area (Å²) in [5, 5.41) is 0.935. The van der Waals surface area contributed by atoms with Gasteiger partial charge in [0.2, 0.25) is 0 Å². The summed E-state index contributed by atoms with van der Waals surface area (Å²) in [6.45, 7) is 4.95. The Balaban J connectivity index is 2.07. The number of halogens is 1. The zero-order chi connectivity index (χ0) is 17.3. The number of carbonyl (C=O) groups excluding carboxylic acids is 1. The predicted octanol–water partition coefficient (Wildman–Crippen LogP) is 2.45. The van der Waals surface area contributed by atoms with E-state index in [9.17, 15) is 9.18 Å². The molecule has 2 aromatic rings. The summed E-state index contributed by atoms with van der Waals surface area (Å²) < 4.78 is 19.9. The molecule has 0 unspecified atom stereocenters. The van der Waals surface area contributed by atoms with Crippen molar-refractivity contribution in [2.45, 2.75) is 13.3 Å². The standard InChI is InChI=1S/C18H24FN3O2/c1-12(23)18-13(4-5-21(2)3)14-10-17(15(19)11-16(14)20-18)22-6-8-24-9-7-22/h10-11,20H,4-9H2,1-3H3. The van der Waals surface area contributed by atoms with Crippen LogP contribution in [0.3, 0.4) is 0 Å². The van der Waals surface area contributed by atoms with Crippen LogP contribution in [0.4, 0.5) is 10.1 Å². The highest BCUT2D eigenvalue weighted by Crippen LogP contribution is 2.31. The molecular weight excluding hydrogens is 309 g/mol. The van der Waals surface area contributed by atoms with Gasteiger partial charge in [0.1, 0.15) is 5.82 Å². The van der Waals surface area contributed by atoms with Gasteiger partial charge in [-0.1, -0.05) is 0 Å².